The smallest absolute Gasteiger partial charge is 0.410 e. The third-order valence-corrected chi connectivity index (χ3v) is 5.65. The number of ether oxygens (including phenoxy) is 2. The Morgan fingerprint density at radius 1 is 1.37 bits per heavy atom. The second kappa shape index (κ2) is 10.1. The first-order chi connectivity index (χ1) is 12.9. The summed E-state index contributed by atoms with van der Waals surface area (Å²) in [7, 11) is 1.64. The molecule has 0 radical (unpaired) electrons. The molecule has 0 bridgehead atoms. The van der Waals surface area contributed by atoms with Gasteiger partial charge in [0.05, 0.1) is 13.2 Å². The Morgan fingerprint density at radius 3 is 2.67 bits per heavy atom. The molecule has 1 fully saturated rings. The molecule has 2 amide bonds. The highest BCUT2D eigenvalue weighted by molar-refractivity contribution is 7.99. The van der Waals surface area contributed by atoms with Crippen LogP contribution in [-0.2, 0) is 15.3 Å². The number of thioether (sulfide) groups is 1. The van der Waals surface area contributed by atoms with Gasteiger partial charge in [-0.25, -0.2) is 4.79 Å². The van der Waals surface area contributed by atoms with Gasteiger partial charge in [0.25, 0.3) is 0 Å². The number of hydrogen-bond acceptors (Lipinski definition) is 5. The number of methoxy groups -OCH3 is 1. The number of primary amides is 1. The largest absolute Gasteiger partial charge is 0.497 e. The summed E-state index contributed by atoms with van der Waals surface area (Å²) in [4.78, 5) is 25.4. The summed E-state index contributed by atoms with van der Waals surface area (Å²) >= 11 is 1.78. The number of carbonyl (C=O) groups excluding carboxylic acids is 2. The molecule has 7 heteroatoms. The van der Waals surface area contributed by atoms with Crippen LogP contribution in [0.5, 0.6) is 5.75 Å². The quantitative estimate of drug-likeness (QED) is 0.545. The molecule has 6 nitrogen and oxygen atoms in total. The summed E-state index contributed by atoms with van der Waals surface area (Å²) in [6.07, 6.45) is 3.63. The van der Waals surface area contributed by atoms with Gasteiger partial charge in [0.15, 0.2) is 0 Å². The van der Waals surface area contributed by atoms with Gasteiger partial charge < -0.3 is 20.1 Å². The second-order valence-corrected chi connectivity index (χ2v) is 7.60. The molecule has 1 aromatic rings. The lowest BCUT2D eigenvalue weighted by Gasteiger charge is -2.21. The Bertz CT molecular complexity index is 702. The van der Waals surface area contributed by atoms with Gasteiger partial charge in [0.2, 0.25) is 5.91 Å². The van der Waals surface area contributed by atoms with E-state index in [0.29, 0.717) is 12.1 Å². The fourth-order valence-corrected chi connectivity index (χ4v) is 4.05. The Kier molecular flexibility index (Phi) is 7.79. The lowest BCUT2D eigenvalue weighted by atomic mass is 10.1. The molecule has 1 saturated heterocycles. The minimum atomic E-state index is -0.483. The van der Waals surface area contributed by atoms with Crippen molar-refractivity contribution in [2.24, 2.45) is 5.73 Å². The van der Waals surface area contributed by atoms with Crippen LogP contribution in [0.3, 0.4) is 0 Å². The van der Waals surface area contributed by atoms with Crippen LogP contribution in [-0.4, -0.2) is 48.5 Å². The first kappa shape index (κ1) is 20.9. The predicted molar refractivity (Wildman–Crippen MR) is 108 cm³/mol. The van der Waals surface area contributed by atoms with Crippen molar-refractivity contribution in [1.82, 2.24) is 4.90 Å². The molecule has 0 saturated carbocycles. The highest BCUT2D eigenvalue weighted by Gasteiger charge is 2.35. The van der Waals surface area contributed by atoms with E-state index in [1.54, 1.807) is 36.8 Å². The molecule has 0 spiro atoms. The Balaban J connectivity index is 2.02. The molecule has 27 heavy (non-hydrogen) atoms. The molecule has 0 aliphatic carbocycles. The van der Waals surface area contributed by atoms with E-state index in [0.717, 1.165) is 17.9 Å². The monoisotopic (exact) mass is 390 g/mol. The number of nitrogens with zero attached hydrogens (tertiary/aromatic N) is 1. The number of nitrogens with two attached hydrogens (primary N) is 1. The minimum Gasteiger partial charge on any atom is -0.497 e. The highest BCUT2D eigenvalue weighted by atomic mass is 32.2. The van der Waals surface area contributed by atoms with Gasteiger partial charge in [0.1, 0.15) is 12.4 Å². The number of benzene rings is 1. The first-order valence-electron chi connectivity index (χ1n) is 8.71. The maximum atomic E-state index is 12.3. The lowest BCUT2D eigenvalue weighted by molar-refractivity contribution is -0.114. The van der Waals surface area contributed by atoms with Crippen LogP contribution in [0.2, 0.25) is 0 Å². The van der Waals surface area contributed by atoms with Crippen molar-refractivity contribution < 1.29 is 19.1 Å². The van der Waals surface area contributed by atoms with Crippen molar-refractivity contribution in [3.63, 3.8) is 0 Å². The Hall–Kier alpha value is -2.41. The minimum absolute atomic E-state index is 0.157. The SMILES string of the molecule is C=CCOC(=O)N1C[C@@H](SCc2ccc(OC)cc2)C[C@H]1C=C(C)C(N)=O. The van der Waals surface area contributed by atoms with Crippen molar-refractivity contribution in [1.29, 1.82) is 0 Å². The van der Waals surface area contributed by atoms with Crippen LogP contribution in [0.4, 0.5) is 4.79 Å². The van der Waals surface area contributed by atoms with Crippen LogP contribution in [0.25, 0.3) is 0 Å². The molecule has 2 rings (SSSR count). The number of carbonyl (C=O) groups is 2. The summed E-state index contributed by atoms with van der Waals surface area (Å²) in [5, 5.41) is 0.241. The van der Waals surface area contributed by atoms with Crippen molar-refractivity contribution in [2.75, 3.05) is 20.3 Å². The summed E-state index contributed by atoms with van der Waals surface area (Å²) < 4.78 is 10.4. The third-order valence-electron chi connectivity index (χ3n) is 4.34. The molecule has 146 valence electrons. The van der Waals surface area contributed by atoms with Crippen molar-refractivity contribution >= 4 is 23.8 Å². The van der Waals surface area contributed by atoms with E-state index in [2.05, 4.69) is 6.58 Å². The van der Waals surface area contributed by atoms with E-state index in [9.17, 15) is 9.59 Å². The summed E-state index contributed by atoms with van der Waals surface area (Å²) in [6.45, 7) is 5.93. The number of hydrogen-bond donors (Lipinski definition) is 1. The molecular weight excluding hydrogens is 364 g/mol. The normalized spacial score (nSPS) is 19.6. The van der Waals surface area contributed by atoms with E-state index >= 15 is 0 Å². The van der Waals surface area contributed by atoms with E-state index in [1.807, 2.05) is 24.3 Å². The predicted octanol–water partition coefficient (Wildman–Crippen LogP) is 3.13. The fourth-order valence-electron chi connectivity index (χ4n) is 2.83. The van der Waals surface area contributed by atoms with Gasteiger partial charge >= 0.3 is 6.09 Å². The molecule has 0 aromatic heterocycles. The summed E-state index contributed by atoms with van der Waals surface area (Å²) in [5.74, 6) is 1.17. The van der Waals surface area contributed by atoms with E-state index in [-0.39, 0.29) is 17.9 Å². The van der Waals surface area contributed by atoms with Gasteiger partial charge in [-0.15, -0.1) is 0 Å². The van der Waals surface area contributed by atoms with Crippen LogP contribution >= 0.6 is 11.8 Å². The van der Waals surface area contributed by atoms with Crippen molar-refractivity contribution in [3.05, 3.63) is 54.1 Å². The maximum absolute atomic E-state index is 12.3. The molecule has 0 unspecified atom stereocenters. The molecule has 1 aliphatic heterocycles. The number of rotatable bonds is 8. The molecule has 1 heterocycles. The number of likely N-dealkylation sites (tertiary alicyclic amines) is 1. The topological polar surface area (TPSA) is 81.9 Å². The molecule has 1 aromatic carbocycles. The summed E-state index contributed by atoms with van der Waals surface area (Å²) in [5.41, 5.74) is 6.97. The Labute approximate surface area is 164 Å². The van der Waals surface area contributed by atoms with Crippen LogP contribution in [0.15, 0.2) is 48.6 Å². The molecular formula is C20H26N2O4S. The fraction of sp³-hybridized carbons (Fsp3) is 0.400. The van der Waals surface area contributed by atoms with Crippen molar-refractivity contribution in [3.8, 4) is 5.75 Å². The van der Waals surface area contributed by atoms with Gasteiger partial charge in [-0.3, -0.25) is 4.79 Å². The van der Waals surface area contributed by atoms with Gasteiger partial charge in [-0.05, 0) is 31.0 Å². The van der Waals surface area contributed by atoms with Crippen LogP contribution < -0.4 is 10.5 Å². The molecule has 2 N–H and O–H groups in total. The average molecular weight is 391 g/mol. The van der Waals surface area contributed by atoms with Crippen LogP contribution in [0.1, 0.15) is 18.9 Å². The van der Waals surface area contributed by atoms with Crippen molar-refractivity contribution in [2.45, 2.75) is 30.4 Å². The zero-order valence-corrected chi connectivity index (χ0v) is 16.5. The number of amides is 2. The molecule has 2 atom stereocenters. The van der Waals surface area contributed by atoms with E-state index in [4.69, 9.17) is 15.2 Å². The Morgan fingerprint density at radius 2 is 2.07 bits per heavy atom. The average Bonchev–Trinajstić information content (AvgIpc) is 3.07. The second-order valence-electron chi connectivity index (χ2n) is 6.32. The van der Waals surface area contributed by atoms with Gasteiger partial charge in [0, 0.05) is 23.1 Å². The standard InChI is InChI=1S/C20H26N2O4S/c1-4-9-26-20(24)22-12-18(11-16(22)10-14(2)19(21)23)27-13-15-5-7-17(25-3)8-6-15/h4-8,10,16,18H,1,9,11-13H2,2-3H3,(H2,21,23)/t16-,18+/m1/s1. The summed E-state index contributed by atoms with van der Waals surface area (Å²) in [6, 6.07) is 7.73. The lowest BCUT2D eigenvalue weighted by Crippen LogP contribution is -2.36. The third kappa shape index (κ3) is 6.06. The van der Waals surface area contributed by atoms with Gasteiger partial charge in [-0.1, -0.05) is 30.9 Å². The first-order valence-corrected chi connectivity index (χ1v) is 9.76. The zero-order valence-electron chi connectivity index (χ0n) is 15.7. The maximum Gasteiger partial charge on any atom is 0.410 e. The van der Waals surface area contributed by atoms with Crippen LogP contribution in [0, 0.1) is 0 Å². The van der Waals surface area contributed by atoms with E-state index in [1.165, 1.54) is 11.6 Å². The van der Waals surface area contributed by atoms with E-state index < -0.39 is 12.0 Å². The van der Waals surface area contributed by atoms with Gasteiger partial charge in [-0.2, -0.15) is 11.8 Å². The molecule has 1 aliphatic rings. The zero-order chi connectivity index (χ0) is 19.8. The highest BCUT2D eigenvalue weighted by Crippen LogP contribution is 2.31.